The van der Waals surface area contributed by atoms with E-state index in [-0.39, 0.29) is 11.5 Å². The molecule has 0 aliphatic rings. The first-order chi connectivity index (χ1) is 9.11. The van der Waals surface area contributed by atoms with Gasteiger partial charge in [0.1, 0.15) is 0 Å². The summed E-state index contributed by atoms with van der Waals surface area (Å²) < 4.78 is 0. The molecule has 0 radical (unpaired) electrons. The number of hydrogen-bond donors (Lipinski definition) is 3. The summed E-state index contributed by atoms with van der Waals surface area (Å²) in [5, 5.41) is 36.9. The lowest BCUT2D eigenvalue weighted by atomic mass is 10.1. The molecule has 4 nitrogen and oxygen atoms in total. The molecule has 0 amide bonds. The second-order valence-electron chi connectivity index (χ2n) is 3.94. The maximum atomic E-state index is 9.63. The zero-order valence-corrected chi connectivity index (χ0v) is 9.91. The van der Waals surface area contributed by atoms with E-state index in [0.717, 1.165) is 5.56 Å². The Kier molecular flexibility index (Phi) is 3.39. The van der Waals surface area contributed by atoms with Gasteiger partial charge in [0, 0.05) is 5.56 Å². The highest BCUT2D eigenvalue weighted by Crippen LogP contribution is 2.37. The number of hydrogen-bond acceptors (Lipinski definition) is 4. The van der Waals surface area contributed by atoms with E-state index in [4.69, 9.17) is 5.26 Å². The summed E-state index contributed by atoms with van der Waals surface area (Å²) in [6.07, 6.45) is 3.34. The van der Waals surface area contributed by atoms with Crippen LogP contribution in [0.1, 0.15) is 16.7 Å². The van der Waals surface area contributed by atoms with Crippen molar-refractivity contribution in [2.45, 2.75) is 0 Å². The van der Waals surface area contributed by atoms with Gasteiger partial charge in [-0.2, -0.15) is 5.26 Å². The summed E-state index contributed by atoms with van der Waals surface area (Å²) >= 11 is 0. The Morgan fingerprint density at radius 1 is 0.842 bits per heavy atom. The van der Waals surface area contributed by atoms with Gasteiger partial charge in [0.05, 0.1) is 11.6 Å². The summed E-state index contributed by atoms with van der Waals surface area (Å²) in [6.45, 7) is 0. The number of phenols is 3. The molecule has 4 heteroatoms. The van der Waals surface area contributed by atoms with Crippen molar-refractivity contribution < 1.29 is 15.3 Å². The molecule has 0 unspecified atom stereocenters. The Morgan fingerprint density at radius 3 is 2.16 bits per heavy atom. The SMILES string of the molecule is N#Cc1ccc(/C=C/c2ccc(O)c(O)c2O)cc1. The number of nitriles is 1. The smallest absolute Gasteiger partial charge is 0.200 e. The molecule has 0 aromatic heterocycles. The summed E-state index contributed by atoms with van der Waals surface area (Å²) in [6, 6.07) is 11.7. The van der Waals surface area contributed by atoms with Crippen LogP contribution in [0.5, 0.6) is 17.2 Å². The van der Waals surface area contributed by atoms with E-state index in [1.54, 1.807) is 36.4 Å². The van der Waals surface area contributed by atoms with Gasteiger partial charge in [-0.25, -0.2) is 0 Å². The predicted octanol–water partition coefficient (Wildman–Crippen LogP) is 2.85. The summed E-state index contributed by atoms with van der Waals surface area (Å²) in [5.74, 6) is -1.28. The number of phenolic OH excluding ortho intramolecular Hbond substituents is 3. The lowest BCUT2D eigenvalue weighted by Gasteiger charge is -2.03. The van der Waals surface area contributed by atoms with Crippen molar-refractivity contribution in [3.8, 4) is 23.3 Å². The lowest BCUT2D eigenvalue weighted by Crippen LogP contribution is -1.78. The summed E-state index contributed by atoms with van der Waals surface area (Å²) in [5.41, 5.74) is 1.81. The summed E-state index contributed by atoms with van der Waals surface area (Å²) in [4.78, 5) is 0. The fourth-order valence-corrected chi connectivity index (χ4v) is 1.57. The molecule has 0 saturated heterocycles. The third-order valence-electron chi connectivity index (χ3n) is 2.66. The Morgan fingerprint density at radius 2 is 1.53 bits per heavy atom. The molecule has 2 rings (SSSR count). The van der Waals surface area contributed by atoms with Gasteiger partial charge in [0.2, 0.25) is 5.75 Å². The molecule has 3 N–H and O–H groups in total. The molecule has 19 heavy (non-hydrogen) atoms. The zero-order valence-electron chi connectivity index (χ0n) is 9.91. The molecule has 0 saturated carbocycles. The third-order valence-corrected chi connectivity index (χ3v) is 2.66. The minimum Gasteiger partial charge on any atom is -0.504 e. The van der Waals surface area contributed by atoms with Crippen molar-refractivity contribution in [2.75, 3.05) is 0 Å². The molecule has 0 heterocycles. The van der Waals surface area contributed by atoms with Crippen molar-refractivity contribution in [2.24, 2.45) is 0 Å². The average molecular weight is 253 g/mol. The van der Waals surface area contributed by atoms with Crippen LogP contribution in [0.2, 0.25) is 0 Å². The van der Waals surface area contributed by atoms with E-state index in [1.165, 1.54) is 12.1 Å². The van der Waals surface area contributed by atoms with E-state index >= 15 is 0 Å². The molecule has 2 aromatic rings. The van der Waals surface area contributed by atoms with Gasteiger partial charge in [0.25, 0.3) is 0 Å². The van der Waals surface area contributed by atoms with E-state index in [2.05, 4.69) is 0 Å². The van der Waals surface area contributed by atoms with Crippen molar-refractivity contribution in [3.05, 3.63) is 53.1 Å². The van der Waals surface area contributed by atoms with Crippen LogP contribution in [0.3, 0.4) is 0 Å². The van der Waals surface area contributed by atoms with E-state index in [9.17, 15) is 15.3 Å². The molecule has 94 valence electrons. The maximum Gasteiger partial charge on any atom is 0.200 e. The van der Waals surface area contributed by atoms with Crippen LogP contribution in [0.4, 0.5) is 0 Å². The second-order valence-corrected chi connectivity index (χ2v) is 3.94. The van der Waals surface area contributed by atoms with Gasteiger partial charge in [-0.15, -0.1) is 0 Å². The largest absolute Gasteiger partial charge is 0.504 e. The first kappa shape index (κ1) is 12.5. The average Bonchev–Trinajstić information content (AvgIpc) is 2.45. The second kappa shape index (κ2) is 5.15. The molecular formula is C15H11NO3. The molecule has 0 spiro atoms. The normalized spacial score (nSPS) is 10.5. The van der Waals surface area contributed by atoms with E-state index in [1.807, 2.05) is 6.07 Å². The van der Waals surface area contributed by atoms with Crippen molar-refractivity contribution in [1.29, 1.82) is 5.26 Å². The molecule has 0 atom stereocenters. The number of benzene rings is 2. The fraction of sp³-hybridized carbons (Fsp3) is 0. The minimum atomic E-state index is -0.540. The Bertz CT molecular complexity index is 667. The van der Waals surface area contributed by atoms with Gasteiger partial charge in [0.15, 0.2) is 11.5 Å². The molecule has 2 aromatic carbocycles. The molecule has 0 aliphatic heterocycles. The predicted molar refractivity (Wildman–Crippen MR) is 71.5 cm³/mol. The fourth-order valence-electron chi connectivity index (χ4n) is 1.57. The van der Waals surface area contributed by atoms with Gasteiger partial charge in [-0.05, 0) is 29.8 Å². The number of rotatable bonds is 2. The van der Waals surface area contributed by atoms with Crippen LogP contribution in [-0.4, -0.2) is 15.3 Å². The zero-order chi connectivity index (χ0) is 13.8. The van der Waals surface area contributed by atoms with Crippen LogP contribution in [0.15, 0.2) is 36.4 Å². The topological polar surface area (TPSA) is 84.5 Å². The van der Waals surface area contributed by atoms with Gasteiger partial charge < -0.3 is 15.3 Å². The highest BCUT2D eigenvalue weighted by Gasteiger charge is 2.08. The molecule has 0 bridgehead atoms. The van der Waals surface area contributed by atoms with E-state index in [0.29, 0.717) is 11.1 Å². The van der Waals surface area contributed by atoms with E-state index < -0.39 is 5.75 Å². The van der Waals surface area contributed by atoms with Crippen LogP contribution < -0.4 is 0 Å². The van der Waals surface area contributed by atoms with Crippen molar-refractivity contribution >= 4 is 12.2 Å². The van der Waals surface area contributed by atoms with Gasteiger partial charge in [-0.1, -0.05) is 24.3 Å². The van der Waals surface area contributed by atoms with Crippen LogP contribution >= 0.6 is 0 Å². The highest BCUT2D eigenvalue weighted by atomic mass is 16.3. The first-order valence-electron chi connectivity index (χ1n) is 5.54. The van der Waals surface area contributed by atoms with Crippen LogP contribution in [-0.2, 0) is 0 Å². The molecule has 0 fully saturated rings. The highest BCUT2D eigenvalue weighted by molar-refractivity contribution is 5.75. The van der Waals surface area contributed by atoms with Gasteiger partial charge in [-0.3, -0.25) is 0 Å². The van der Waals surface area contributed by atoms with Crippen molar-refractivity contribution in [3.63, 3.8) is 0 Å². The standard InChI is InChI=1S/C15H11NO3/c16-9-11-3-1-10(2-4-11)5-6-12-7-8-13(17)15(19)14(12)18/h1-8,17-19H/b6-5+. The molecule has 0 aliphatic carbocycles. The summed E-state index contributed by atoms with van der Waals surface area (Å²) in [7, 11) is 0. The lowest BCUT2D eigenvalue weighted by molar-refractivity contribution is 0.367. The first-order valence-corrected chi connectivity index (χ1v) is 5.54. The maximum absolute atomic E-state index is 9.63. The Hall–Kier alpha value is -2.93. The van der Waals surface area contributed by atoms with Crippen molar-refractivity contribution in [1.82, 2.24) is 0 Å². The minimum absolute atomic E-state index is 0.368. The quantitative estimate of drug-likeness (QED) is 0.567. The van der Waals surface area contributed by atoms with Crippen LogP contribution in [0.25, 0.3) is 12.2 Å². The Labute approximate surface area is 110 Å². The van der Waals surface area contributed by atoms with Crippen LogP contribution in [0, 0.1) is 11.3 Å². The molecular weight excluding hydrogens is 242 g/mol. The number of aromatic hydroxyl groups is 3. The monoisotopic (exact) mass is 253 g/mol. The third kappa shape index (κ3) is 2.67. The number of nitrogens with zero attached hydrogens (tertiary/aromatic N) is 1. The Balaban J connectivity index is 2.28. The van der Waals surface area contributed by atoms with Gasteiger partial charge >= 0.3 is 0 Å².